The van der Waals surface area contributed by atoms with E-state index in [4.69, 9.17) is 16.0 Å². The lowest BCUT2D eigenvalue weighted by Gasteiger charge is -2.22. The minimum absolute atomic E-state index is 0.0313. The highest BCUT2D eigenvalue weighted by Gasteiger charge is 2.28. The van der Waals surface area contributed by atoms with E-state index in [2.05, 4.69) is 20.9 Å². The Kier molecular flexibility index (Phi) is 8.64. The van der Waals surface area contributed by atoms with Gasteiger partial charge in [0.25, 0.3) is 0 Å². The van der Waals surface area contributed by atoms with Gasteiger partial charge >= 0.3 is 0 Å². The molecule has 10 heteroatoms. The summed E-state index contributed by atoms with van der Waals surface area (Å²) in [6.07, 6.45) is 4.64. The van der Waals surface area contributed by atoms with Crippen LogP contribution < -0.4 is 16.0 Å². The fraction of sp³-hybridized carbons (Fsp3) is 0.333. The van der Waals surface area contributed by atoms with Gasteiger partial charge in [-0.1, -0.05) is 23.7 Å². The number of carbonyl (C=O) groups excluding carboxylic acids is 2. The molecule has 1 aliphatic heterocycles. The average molecular weight is 521 g/mol. The number of fused-ring (bicyclic) bond motifs is 1. The first kappa shape index (κ1) is 26.0. The number of nitrogens with zero attached hydrogens (tertiary/aromatic N) is 3. The number of furan rings is 1. The van der Waals surface area contributed by atoms with Gasteiger partial charge in [-0.05, 0) is 74.6 Å². The normalized spacial score (nSPS) is 16.2. The third kappa shape index (κ3) is 7.24. The van der Waals surface area contributed by atoms with E-state index in [1.807, 2.05) is 61.6 Å². The standard InChI is InChI=1S/C27H29ClN6O3/c1-18-14-20-15-22(9-10-24(20)37-18)32-27(31-17-29)33-23-4-2-3-13-34(26(23)36)16-25(35)30-12-11-19-5-7-21(28)8-6-19/h5-10,14-15,23H,2-4,11-13,16H2,1H3,(H,30,35)(H2,31,32,33). The van der Waals surface area contributed by atoms with Crippen molar-refractivity contribution in [3.8, 4) is 6.19 Å². The van der Waals surface area contributed by atoms with Gasteiger partial charge in [0.2, 0.25) is 17.8 Å². The molecule has 192 valence electrons. The summed E-state index contributed by atoms with van der Waals surface area (Å²) in [6, 6.07) is 14.2. The predicted molar refractivity (Wildman–Crippen MR) is 143 cm³/mol. The molecule has 0 spiro atoms. The zero-order valence-corrected chi connectivity index (χ0v) is 21.3. The minimum atomic E-state index is -0.701. The fourth-order valence-electron chi connectivity index (χ4n) is 4.28. The Labute approximate surface area is 220 Å². The number of aryl methyl sites for hydroxylation is 1. The number of anilines is 1. The van der Waals surface area contributed by atoms with E-state index in [-0.39, 0.29) is 24.3 Å². The van der Waals surface area contributed by atoms with Crippen LogP contribution in [-0.4, -0.2) is 48.3 Å². The summed E-state index contributed by atoms with van der Waals surface area (Å²) in [5, 5.41) is 19.3. The highest BCUT2D eigenvalue weighted by molar-refractivity contribution is 6.30. The van der Waals surface area contributed by atoms with Crippen molar-refractivity contribution in [2.75, 3.05) is 25.0 Å². The molecular formula is C27H29ClN6O3. The number of nitrogens with one attached hydrogen (secondary N) is 3. The van der Waals surface area contributed by atoms with Crippen LogP contribution in [0.15, 0.2) is 57.9 Å². The highest BCUT2D eigenvalue weighted by Crippen LogP contribution is 2.23. The molecular weight excluding hydrogens is 492 g/mol. The number of guanidine groups is 1. The maximum atomic E-state index is 13.3. The molecule has 0 saturated carbocycles. The van der Waals surface area contributed by atoms with Crippen molar-refractivity contribution >= 4 is 46.0 Å². The monoisotopic (exact) mass is 520 g/mol. The molecule has 3 N–H and O–H groups in total. The summed E-state index contributed by atoms with van der Waals surface area (Å²) in [7, 11) is 0. The topological polar surface area (TPSA) is 123 Å². The quantitative estimate of drug-likeness (QED) is 0.187. The Morgan fingerprint density at radius 3 is 2.81 bits per heavy atom. The van der Waals surface area contributed by atoms with Crippen LogP contribution in [0.4, 0.5) is 5.69 Å². The van der Waals surface area contributed by atoms with Gasteiger partial charge in [0.15, 0.2) is 6.19 Å². The maximum absolute atomic E-state index is 13.3. The first-order valence-electron chi connectivity index (χ1n) is 12.2. The summed E-state index contributed by atoms with van der Waals surface area (Å²) >= 11 is 5.91. The molecule has 9 nitrogen and oxygen atoms in total. The zero-order valence-electron chi connectivity index (χ0n) is 20.6. The van der Waals surface area contributed by atoms with Gasteiger partial charge in [-0.3, -0.25) is 14.9 Å². The molecule has 3 aromatic rings. The second kappa shape index (κ2) is 12.3. The van der Waals surface area contributed by atoms with Crippen molar-refractivity contribution in [1.29, 1.82) is 5.26 Å². The molecule has 1 atom stereocenters. The molecule has 2 amide bonds. The summed E-state index contributed by atoms with van der Waals surface area (Å²) in [4.78, 5) is 31.9. The first-order valence-corrected chi connectivity index (χ1v) is 12.6. The van der Waals surface area contributed by atoms with Crippen LogP contribution in [0.3, 0.4) is 0 Å². The summed E-state index contributed by atoms with van der Waals surface area (Å²) in [6.45, 7) is 2.79. The van der Waals surface area contributed by atoms with Gasteiger partial charge in [0, 0.05) is 29.2 Å². The molecule has 1 aromatic heterocycles. The lowest BCUT2D eigenvalue weighted by Crippen LogP contribution is -2.44. The smallest absolute Gasteiger partial charge is 0.247 e. The third-order valence-corrected chi connectivity index (χ3v) is 6.35. The van der Waals surface area contributed by atoms with E-state index in [0.29, 0.717) is 36.6 Å². The molecule has 0 radical (unpaired) electrons. The van der Waals surface area contributed by atoms with Gasteiger partial charge in [-0.15, -0.1) is 0 Å². The Bertz CT molecular complexity index is 1330. The number of amides is 2. The van der Waals surface area contributed by atoms with Gasteiger partial charge in [-0.25, -0.2) is 4.99 Å². The van der Waals surface area contributed by atoms with Crippen LogP contribution in [0.25, 0.3) is 11.0 Å². The van der Waals surface area contributed by atoms with E-state index in [1.165, 1.54) is 0 Å². The number of likely N-dealkylation sites (tertiary alicyclic amines) is 1. The van der Waals surface area contributed by atoms with Crippen LogP contribution in [0, 0.1) is 18.4 Å². The second-order valence-corrected chi connectivity index (χ2v) is 9.38. The van der Waals surface area contributed by atoms with Crippen molar-refractivity contribution < 1.29 is 14.0 Å². The van der Waals surface area contributed by atoms with E-state index in [1.54, 1.807) is 4.90 Å². The van der Waals surface area contributed by atoms with Crippen molar-refractivity contribution in [1.82, 2.24) is 15.5 Å². The molecule has 1 saturated heterocycles. The van der Waals surface area contributed by atoms with E-state index in [0.717, 1.165) is 35.1 Å². The first-order chi connectivity index (χ1) is 17.9. The lowest BCUT2D eigenvalue weighted by atomic mass is 10.1. The molecule has 1 fully saturated rings. The SMILES string of the molecule is Cc1cc2cc(NC(=NC3CCCCN(CC(=O)NCCc4ccc(Cl)cc4)C3=O)NC#N)ccc2o1. The maximum Gasteiger partial charge on any atom is 0.247 e. The summed E-state index contributed by atoms with van der Waals surface area (Å²) in [5.74, 6) is 0.526. The Hall–Kier alpha value is -4.03. The number of aliphatic imine (C=N–C) groups is 1. The largest absolute Gasteiger partial charge is 0.461 e. The molecule has 4 rings (SSSR count). The summed E-state index contributed by atoms with van der Waals surface area (Å²) in [5.41, 5.74) is 2.53. The van der Waals surface area contributed by atoms with E-state index in [9.17, 15) is 14.9 Å². The number of nitriles is 1. The Morgan fingerprint density at radius 2 is 2.03 bits per heavy atom. The van der Waals surface area contributed by atoms with Gasteiger partial charge in [0.1, 0.15) is 17.4 Å². The van der Waals surface area contributed by atoms with Gasteiger partial charge < -0.3 is 20.0 Å². The third-order valence-electron chi connectivity index (χ3n) is 6.10. The number of carbonyl (C=O) groups is 2. The lowest BCUT2D eigenvalue weighted by molar-refractivity contribution is -0.136. The molecule has 0 bridgehead atoms. The number of hydrogen-bond donors (Lipinski definition) is 3. The fourth-order valence-corrected chi connectivity index (χ4v) is 4.41. The van der Waals surface area contributed by atoms with E-state index >= 15 is 0 Å². The van der Waals surface area contributed by atoms with Crippen molar-refractivity contribution in [3.63, 3.8) is 0 Å². The zero-order chi connectivity index (χ0) is 26.2. The Balaban J connectivity index is 1.38. The van der Waals surface area contributed by atoms with Gasteiger partial charge in [0.05, 0.1) is 6.54 Å². The second-order valence-electron chi connectivity index (χ2n) is 8.95. The van der Waals surface area contributed by atoms with Crippen molar-refractivity contribution in [2.24, 2.45) is 4.99 Å². The van der Waals surface area contributed by atoms with Crippen LogP contribution in [-0.2, 0) is 16.0 Å². The predicted octanol–water partition coefficient (Wildman–Crippen LogP) is 3.97. The molecule has 2 aromatic carbocycles. The Morgan fingerprint density at radius 1 is 1.22 bits per heavy atom. The summed E-state index contributed by atoms with van der Waals surface area (Å²) < 4.78 is 5.61. The number of benzene rings is 2. The number of rotatable bonds is 7. The van der Waals surface area contributed by atoms with E-state index < -0.39 is 6.04 Å². The van der Waals surface area contributed by atoms with Crippen LogP contribution >= 0.6 is 11.6 Å². The van der Waals surface area contributed by atoms with Crippen LogP contribution in [0.2, 0.25) is 5.02 Å². The highest BCUT2D eigenvalue weighted by atomic mass is 35.5. The van der Waals surface area contributed by atoms with Crippen LogP contribution in [0.1, 0.15) is 30.6 Å². The number of halogens is 1. The van der Waals surface area contributed by atoms with Gasteiger partial charge in [-0.2, -0.15) is 5.26 Å². The average Bonchev–Trinajstić information content (AvgIpc) is 3.16. The molecule has 1 unspecified atom stereocenters. The molecule has 0 aliphatic carbocycles. The molecule has 2 heterocycles. The molecule has 1 aliphatic rings. The van der Waals surface area contributed by atoms with Crippen LogP contribution in [0.5, 0.6) is 0 Å². The number of hydrogen-bond acceptors (Lipinski definition) is 5. The van der Waals surface area contributed by atoms with Crippen molar-refractivity contribution in [2.45, 2.75) is 38.6 Å². The minimum Gasteiger partial charge on any atom is -0.461 e. The van der Waals surface area contributed by atoms with Crippen molar-refractivity contribution in [3.05, 3.63) is 64.9 Å². The molecule has 37 heavy (non-hydrogen) atoms.